The Balaban J connectivity index is 2.02. The molecule has 5 nitrogen and oxygen atoms in total. The summed E-state index contributed by atoms with van der Waals surface area (Å²) in [6.07, 6.45) is 6.92. The molecule has 3 rings (SSSR count). The summed E-state index contributed by atoms with van der Waals surface area (Å²) in [5.41, 5.74) is -1.63. The van der Waals surface area contributed by atoms with Gasteiger partial charge in [-0.3, -0.25) is 4.79 Å². The third kappa shape index (κ3) is 2.93. The zero-order valence-corrected chi connectivity index (χ0v) is 13.8. The standard InChI is InChI=1S/C19H24NO4/c21-17(20-12-6-7-13-20)19(24,18(22)23)16-11-5-4-10-15(16)14-8-2-1-3-9-14/h4-5,11,14,24H,1-3,6-9,12-13H2,(H,22,23). The van der Waals surface area contributed by atoms with Crippen molar-refractivity contribution in [2.24, 2.45) is 0 Å². The normalized spacial score (nSPS) is 21.5. The van der Waals surface area contributed by atoms with E-state index in [9.17, 15) is 19.8 Å². The van der Waals surface area contributed by atoms with Crippen LogP contribution in [-0.2, 0) is 15.2 Å². The number of aliphatic carboxylic acids is 1. The highest BCUT2D eigenvalue weighted by Gasteiger charge is 2.50. The first-order valence-electron chi connectivity index (χ1n) is 8.81. The first-order chi connectivity index (χ1) is 11.5. The largest absolute Gasteiger partial charge is 0.478 e. The highest BCUT2D eigenvalue weighted by Crippen LogP contribution is 2.38. The number of carboxylic acids is 1. The van der Waals surface area contributed by atoms with Gasteiger partial charge in [0.15, 0.2) is 0 Å². The fourth-order valence-electron chi connectivity index (χ4n) is 3.97. The van der Waals surface area contributed by atoms with Gasteiger partial charge in [0.2, 0.25) is 0 Å². The molecule has 2 N–H and O–H groups in total. The van der Waals surface area contributed by atoms with Crippen molar-refractivity contribution in [2.45, 2.75) is 56.5 Å². The molecule has 1 atom stereocenters. The molecule has 1 heterocycles. The number of carbonyl (C=O) groups excluding carboxylic acids is 1. The molecule has 2 aliphatic rings. The molecular weight excluding hydrogens is 306 g/mol. The van der Waals surface area contributed by atoms with Gasteiger partial charge in [-0.1, -0.05) is 37.5 Å². The van der Waals surface area contributed by atoms with Crippen molar-refractivity contribution in [3.8, 4) is 0 Å². The molecule has 0 bridgehead atoms. The summed E-state index contributed by atoms with van der Waals surface area (Å²) in [5.74, 6) is -2.06. The molecule has 1 saturated heterocycles. The van der Waals surface area contributed by atoms with Crippen LogP contribution in [0.1, 0.15) is 62.0 Å². The highest BCUT2D eigenvalue weighted by atomic mass is 16.4. The van der Waals surface area contributed by atoms with Crippen molar-refractivity contribution in [2.75, 3.05) is 13.1 Å². The Morgan fingerprint density at radius 3 is 2.42 bits per heavy atom. The molecule has 1 aromatic carbocycles. The average molecular weight is 330 g/mol. The molecule has 2 fully saturated rings. The van der Waals surface area contributed by atoms with E-state index in [1.807, 2.05) is 0 Å². The number of rotatable bonds is 4. The maximum Gasteiger partial charge on any atom is 0.350 e. The van der Waals surface area contributed by atoms with Gasteiger partial charge in [0.05, 0.1) is 0 Å². The van der Waals surface area contributed by atoms with Gasteiger partial charge >= 0.3 is 5.97 Å². The maximum absolute atomic E-state index is 12.8. The summed E-state index contributed by atoms with van der Waals surface area (Å²) < 4.78 is 0. The van der Waals surface area contributed by atoms with E-state index >= 15 is 0 Å². The van der Waals surface area contributed by atoms with E-state index in [1.165, 1.54) is 11.3 Å². The lowest BCUT2D eigenvalue weighted by Gasteiger charge is -2.32. The van der Waals surface area contributed by atoms with E-state index in [-0.39, 0.29) is 11.5 Å². The van der Waals surface area contributed by atoms with Crippen molar-refractivity contribution in [3.63, 3.8) is 0 Å². The minimum Gasteiger partial charge on any atom is -0.478 e. The summed E-state index contributed by atoms with van der Waals surface area (Å²) >= 11 is 0. The predicted octanol–water partition coefficient (Wildman–Crippen LogP) is 2.43. The zero-order chi connectivity index (χ0) is 17.2. The van der Waals surface area contributed by atoms with E-state index in [2.05, 4.69) is 6.07 Å². The number of nitrogens with zero attached hydrogens (tertiary/aromatic N) is 1. The Kier molecular flexibility index (Phi) is 4.90. The number of aliphatic hydroxyl groups is 1. The van der Waals surface area contributed by atoms with Crippen molar-refractivity contribution in [1.82, 2.24) is 4.90 Å². The molecule has 1 radical (unpaired) electrons. The summed E-state index contributed by atoms with van der Waals surface area (Å²) in [7, 11) is 0. The number of carbonyl (C=O) groups is 2. The quantitative estimate of drug-likeness (QED) is 0.831. The molecule has 0 spiro atoms. The smallest absolute Gasteiger partial charge is 0.350 e. The van der Waals surface area contributed by atoms with Gasteiger partial charge in [-0.05, 0) is 43.2 Å². The van der Waals surface area contributed by atoms with Gasteiger partial charge in [0.25, 0.3) is 11.5 Å². The minimum atomic E-state index is -2.52. The first kappa shape index (κ1) is 17.0. The molecular formula is C19H24NO4. The lowest BCUT2D eigenvalue weighted by Crippen LogP contribution is -2.51. The third-order valence-electron chi connectivity index (χ3n) is 5.30. The SMILES string of the molecule is O=C(O)C(O)(C(=O)N1CCCC1)c1ccc[c]c1C1CCCCC1. The van der Waals surface area contributed by atoms with Gasteiger partial charge in [0, 0.05) is 18.7 Å². The fourth-order valence-corrected chi connectivity index (χ4v) is 3.97. The zero-order valence-electron chi connectivity index (χ0n) is 13.8. The van der Waals surface area contributed by atoms with Crippen LogP contribution in [0.25, 0.3) is 0 Å². The van der Waals surface area contributed by atoms with Crippen LogP contribution in [0, 0.1) is 6.07 Å². The minimum absolute atomic E-state index is 0.159. The second-order valence-electron chi connectivity index (χ2n) is 6.85. The van der Waals surface area contributed by atoms with Crippen LogP contribution in [0.3, 0.4) is 0 Å². The Labute approximate surface area is 142 Å². The molecule has 1 amide bonds. The second kappa shape index (κ2) is 6.93. The van der Waals surface area contributed by atoms with Crippen LogP contribution in [0.2, 0.25) is 0 Å². The molecule has 1 aliphatic carbocycles. The number of carboxylic acid groups (broad SMARTS) is 1. The van der Waals surface area contributed by atoms with Crippen LogP contribution in [0.4, 0.5) is 0 Å². The van der Waals surface area contributed by atoms with E-state index in [4.69, 9.17) is 0 Å². The Hall–Kier alpha value is -1.88. The van der Waals surface area contributed by atoms with Crippen LogP contribution in [-0.4, -0.2) is 40.1 Å². The lowest BCUT2D eigenvalue weighted by atomic mass is 9.78. The number of hydrogen-bond acceptors (Lipinski definition) is 3. The Morgan fingerprint density at radius 2 is 1.79 bits per heavy atom. The lowest BCUT2D eigenvalue weighted by molar-refractivity contribution is -0.172. The molecule has 5 heteroatoms. The van der Waals surface area contributed by atoms with Crippen LogP contribution < -0.4 is 0 Å². The van der Waals surface area contributed by atoms with Gasteiger partial charge in [-0.15, -0.1) is 0 Å². The first-order valence-corrected chi connectivity index (χ1v) is 8.81. The topological polar surface area (TPSA) is 77.8 Å². The molecule has 1 aromatic rings. The van der Waals surface area contributed by atoms with E-state index in [0.29, 0.717) is 18.7 Å². The molecule has 24 heavy (non-hydrogen) atoms. The number of hydrogen-bond donors (Lipinski definition) is 2. The maximum atomic E-state index is 12.8. The average Bonchev–Trinajstić information content (AvgIpc) is 3.15. The van der Waals surface area contributed by atoms with E-state index < -0.39 is 17.5 Å². The van der Waals surface area contributed by atoms with Crippen LogP contribution in [0.15, 0.2) is 18.2 Å². The second-order valence-corrected chi connectivity index (χ2v) is 6.85. The molecule has 1 aliphatic heterocycles. The molecule has 129 valence electrons. The van der Waals surface area contributed by atoms with Gasteiger partial charge in [-0.2, -0.15) is 0 Å². The number of likely N-dealkylation sites (tertiary alicyclic amines) is 1. The Morgan fingerprint density at radius 1 is 1.12 bits per heavy atom. The van der Waals surface area contributed by atoms with E-state index in [1.54, 1.807) is 18.2 Å². The van der Waals surface area contributed by atoms with Crippen molar-refractivity contribution < 1.29 is 19.8 Å². The van der Waals surface area contributed by atoms with E-state index in [0.717, 1.165) is 38.5 Å². The molecule has 1 unspecified atom stereocenters. The van der Waals surface area contributed by atoms with Crippen LogP contribution in [0.5, 0.6) is 0 Å². The number of benzene rings is 1. The Bertz CT molecular complexity index is 618. The van der Waals surface area contributed by atoms with Crippen LogP contribution >= 0.6 is 0 Å². The summed E-state index contributed by atoms with van der Waals surface area (Å²) in [5, 5.41) is 20.7. The van der Waals surface area contributed by atoms with Gasteiger partial charge in [0.1, 0.15) is 0 Å². The highest BCUT2D eigenvalue weighted by molar-refractivity contribution is 6.06. The monoisotopic (exact) mass is 330 g/mol. The summed E-state index contributed by atoms with van der Waals surface area (Å²) in [4.78, 5) is 26.2. The molecule has 0 aromatic heterocycles. The van der Waals surface area contributed by atoms with Crippen molar-refractivity contribution in [1.29, 1.82) is 0 Å². The molecule has 1 saturated carbocycles. The predicted molar refractivity (Wildman–Crippen MR) is 88.5 cm³/mol. The fraction of sp³-hybridized carbons (Fsp3) is 0.579. The van der Waals surface area contributed by atoms with Gasteiger partial charge in [-0.25, -0.2) is 4.79 Å². The third-order valence-corrected chi connectivity index (χ3v) is 5.30. The van der Waals surface area contributed by atoms with Crippen molar-refractivity contribution >= 4 is 11.9 Å². The summed E-state index contributed by atoms with van der Waals surface area (Å²) in [6.45, 7) is 1.01. The van der Waals surface area contributed by atoms with Crippen molar-refractivity contribution in [3.05, 3.63) is 35.4 Å². The van der Waals surface area contributed by atoms with Gasteiger partial charge < -0.3 is 15.1 Å². The summed E-state index contributed by atoms with van der Waals surface area (Å²) in [6, 6.07) is 8.07. The number of amides is 1.